The molecule has 0 radical (unpaired) electrons. The second-order valence-electron chi connectivity index (χ2n) is 7.75. The molecule has 1 unspecified atom stereocenters. The smallest absolute Gasteiger partial charge is 0.154 e. The summed E-state index contributed by atoms with van der Waals surface area (Å²) >= 11 is 0. The summed E-state index contributed by atoms with van der Waals surface area (Å²) in [5.41, 5.74) is 1.89. The molecule has 2 N–H and O–H groups in total. The lowest BCUT2D eigenvalue weighted by atomic mass is 10.1. The van der Waals surface area contributed by atoms with Gasteiger partial charge in [0.25, 0.3) is 0 Å². The van der Waals surface area contributed by atoms with Gasteiger partial charge in [0.1, 0.15) is 22.8 Å². The van der Waals surface area contributed by atoms with E-state index in [1.165, 1.54) is 12.1 Å². The van der Waals surface area contributed by atoms with Crippen molar-refractivity contribution >= 4 is 22.5 Å². The highest BCUT2D eigenvalue weighted by Crippen LogP contribution is 2.32. The van der Waals surface area contributed by atoms with E-state index < -0.39 is 11.6 Å². The van der Waals surface area contributed by atoms with Crippen LogP contribution >= 0.6 is 0 Å². The van der Waals surface area contributed by atoms with E-state index >= 15 is 0 Å². The third-order valence-electron chi connectivity index (χ3n) is 5.60. The first kappa shape index (κ1) is 20.9. The van der Waals surface area contributed by atoms with E-state index in [0.29, 0.717) is 67.6 Å². The van der Waals surface area contributed by atoms with Crippen molar-refractivity contribution in [2.75, 3.05) is 62.8 Å². The minimum atomic E-state index is -0.626. The molecule has 5 rings (SSSR count). The summed E-state index contributed by atoms with van der Waals surface area (Å²) in [7, 11) is 0. The first-order valence-corrected chi connectivity index (χ1v) is 10.7. The number of anilines is 2. The Morgan fingerprint density at radius 2 is 1.84 bits per heavy atom. The molecule has 168 valence electrons. The lowest BCUT2D eigenvalue weighted by Crippen LogP contribution is -2.42. The van der Waals surface area contributed by atoms with E-state index in [-0.39, 0.29) is 11.8 Å². The summed E-state index contributed by atoms with van der Waals surface area (Å²) in [6.45, 7) is 4.52. The summed E-state index contributed by atoms with van der Waals surface area (Å²) in [6.07, 6.45) is 3.15. The zero-order chi connectivity index (χ0) is 21.9. The van der Waals surface area contributed by atoms with Crippen molar-refractivity contribution in [3.63, 3.8) is 0 Å². The molecule has 8 nitrogen and oxygen atoms in total. The van der Waals surface area contributed by atoms with Gasteiger partial charge in [0.15, 0.2) is 5.82 Å². The SMILES string of the molecule is Fc1cc(-c2cc3nccnc3c(NCC3CNCCO3)n2)cc(F)c1N1CCOCC1. The quantitative estimate of drug-likeness (QED) is 0.622. The summed E-state index contributed by atoms with van der Waals surface area (Å²) in [6, 6.07) is 4.32. The Morgan fingerprint density at radius 1 is 1.06 bits per heavy atom. The van der Waals surface area contributed by atoms with Gasteiger partial charge in [-0.15, -0.1) is 0 Å². The van der Waals surface area contributed by atoms with Crippen molar-refractivity contribution in [3.8, 4) is 11.3 Å². The number of hydrogen-bond acceptors (Lipinski definition) is 8. The fraction of sp³-hybridized carbons (Fsp3) is 0.409. The maximum absolute atomic E-state index is 15.0. The van der Waals surface area contributed by atoms with E-state index in [2.05, 4.69) is 25.6 Å². The summed E-state index contributed by atoms with van der Waals surface area (Å²) in [5.74, 6) is -0.754. The van der Waals surface area contributed by atoms with Gasteiger partial charge in [-0.1, -0.05) is 0 Å². The van der Waals surface area contributed by atoms with Crippen LogP contribution in [0.5, 0.6) is 0 Å². The minimum absolute atomic E-state index is 0.0105. The van der Waals surface area contributed by atoms with Crippen LogP contribution in [0.25, 0.3) is 22.3 Å². The number of morpholine rings is 2. The van der Waals surface area contributed by atoms with Crippen LogP contribution in [-0.4, -0.2) is 73.6 Å². The van der Waals surface area contributed by atoms with Crippen molar-refractivity contribution in [3.05, 3.63) is 42.2 Å². The van der Waals surface area contributed by atoms with Gasteiger partial charge in [-0.3, -0.25) is 4.98 Å². The van der Waals surface area contributed by atoms with Gasteiger partial charge < -0.3 is 25.0 Å². The first-order chi connectivity index (χ1) is 15.7. The van der Waals surface area contributed by atoms with E-state index in [4.69, 9.17) is 9.47 Å². The monoisotopic (exact) mass is 442 g/mol. The molecule has 0 aliphatic carbocycles. The van der Waals surface area contributed by atoms with Crippen LogP contribution in [0, 0.1) is 11.6 Å². The number of ether oxygens (including phenoxy) is 2. The third-order valence-corrected chi connectivity index (χ3v) is 5.60. The average Bonchev–Trinajstić information content (AvgIpc) is 2.83. The highest BCUT2D eigenvalue weighted by molar-refractivity contribution is 5.88. The molecule has 4 heterocycles. The zero-order valence-corrected chi connectivity index (χ0v) is 17.5. The van der Waals surface area contributed by atoms with Crippen molar-refractivity contribution in [1.29, 1.82) is 0 Å². The Balaban J connectivity index is 1.48. The first-order valence-electron chi connectivity index (χ1n) is 10.7. The summed E-state index contributed by atoms with van der Waals surface area (Å²) in [5, 5.41) is 6.55. The fourth-order valence-electron chi connectivity index (χ4n) is 4.01. The molecule has 2 aliphatic rings. The Morgan fingerprint density at radius 3 is 2.59 bits per heavy atom. The van der Waals surface area contributed by atoms with E-state index in [9.17, 15) is 8.78 Å². The van der Waals surface area contributed by atoms with Gasteiger partial charge in [-0.2, -0.15) is 0 Å². The molecule has 1 aromatic carbocycles. The van der Waals surface area contributed by atoms with Gasteiger partial charge in [-0.05, 0) is 18.2 Å². The lowest BCUT2D eigenvalue weighted by Gasteiger charge is -2.29. The predicted molar refractivity (Wildman–Crippen MR) is 117 cm³/mol. The van der Waals surface area contributed by atoms with Crippen LogP contribution in [0.1, 0.15) is 0 Å². The summed E-state index contributed by atoms with van der Waals surface area (Å²) < 4.78 is 41.0. The van der Waals surface area contributed by atoms with Gasteiger partial charge >= 0.3 is 0 Å². The molecule has 0 amide bonds. The molecule has 2 fully saturated rings. The van der Waals surface area contributed by atoms with Gasteiger partial charge in [0.2, 0.25) is 0 Å². The Kier molecular flexibility index (Phi) is 6.06. The standard InChI is InChI=1S/C22H24F2N6O2/c23-16-9-14(10-17(24)21(16)30-4-7-31-8-5-30)18-11-19-20(27-2-1-26-19)22(29-18)28-13-15-12-25-3-6-32-15/h1-2,9-11,15,25H,3-8,12-13H2,(H,28,29). The highest BCUT2D eigenvalue weighted by Gasteiger charge is 2.22. The molecule has 3 aromatic rings. The molecule has 32 heavy (non-hydrogen) atoms. The number of hydrogen-bond donors (Lipinski definition) is 2. The number of nitrogens with zero attached hydrogens (tertiary/aromatic N) is 4. The van der Waals surface area contributed by atoms with Crippen molar-refractivity contribution in [1.82, 2.24) is 20.3 Å². The Hall–Kier alpha value is -2.95. The van der Waals surface area contributed by atoms with Crippen LogP contribution in [-0.2, 0) is 9.47 Å². The molecular formula is C22H24F2N6O2. The van der Waals surface area contributed by atoms with Crippen LogP contribution in [0.3, 0.4) is 0 Å². The number of halogens is 2. The van der Waals surface area contributed by atoms with Crippen molar-refractivity contribution < 1.29 is 18.3 Å². The summed E-state index contributed by atoms with van der Waals surface area (Å²) in [4.78, 5) is 15.0. The molecule has 0 saturated carbocycles. The maximum atomic E-state index is 15.0. The van der Waals surface area contributed by atoms with E-state index in [0.717, 1.165) is 13.1 Å². The minimum Gasteiger partial charge on any atom is -0.378 e. The molecule has 10 heteroatoms. The lowest BCUT2D eigenvalue weighted by molar-refractivity contribution is 0.0372. The van der Waals surface area contributed by atoms with E-state index in [1.54, 1.807) is 23.4 Å². The number of fused-ring (bicyclic) bond motifs is 1. The number of nitrogens with one attached hydrogen (secondary N) is 2. The predicted octanol–water partition coefficient (Wildman–Crippen LogP) is 2.21. The van der Waals surface area contributed by atoms with Crippen LogP contribution in [0.4, 0.5) is 20.3 Å². The van der Waals surface area contributed by atoms with Gasteiger partial charge in [-0.25, -0.2) is 18.7 Å². The van der Waals surface area contributed by atoms with Crippen LogP contribution in [0.15, 0.2) is 30.6 Å². The topological polar surface area (TPSA) is 84.4 Å². The number of benzene rings is 1. The average molecular weight is 442 g/mol. The second kappa shape index (κ2) is 9.27. The van der Waals surface area contributed by atoms with Crippen molar-refractivity contribution in [2.24, 2.45) is 0 Å². The highest BCUT2D eigenvalue weighted by atomic mass is 19.1. The molecule has 0 spiro atoms. The van der Waals surface area contributed by atoms with Crippen molar-refractivity contribution in [2.45, 2.75) is 6.10 Å². The maximum Gasteiger partial charge on any atom is 0.154 e. The molecule has 2 aromatic heterocycles. The molecule has 2 aliphatic heterocycles. The molecular weight excluding hydrogens is 418 g/mol. The van der Waals surface area contributed by atoms with E-state index in [1.807, 2.05) is 0 Å². The largest absolute Gasteiger partial charge is 0.378 e. The zero-order valence-electron chi connectivity index (χ0n) is 17.5. The number of aromatic nitrogens is 3. The normalized spacial score (nSPS) is 19.3. The van der Waals surface area contributed by atoms with Crippen LogP contribution in [0.2, 0.25) is 0 Å². The van der Waals surface area contributed by atoms with Gasteiger partial charge in [0.05, 0.1) is 37.1 Å². The molecule has 1 atom stereocenters. The molecule has 0 bridgehead atoms. The van der Waals surface area contributed by atoms with Gasteiger partial charge in [0, 0.05) is 50.7 Å². The molecule has 2 saturated heterocycles. The second-order valence-corrected chi connectivity index (χ2v) is 7.75. The Labute approximate surface area is 184 Å². The number of rotatable bonds is 5. The third kappa shape index (κ3) is 4.34. The fourth-order valence-corrected chi connectivity index (χ4v) is 4.01. The van der Waals surface area contributed by atoms with Crippen LogP contribution < -0.4 is 15.5 Å². The number of pyridine rings is 1. The Bertz CT molecular complexity index is 1080.